The summed E-state index contributed by atoms with van der Waals surface area (Å²) in [5, 5.41) is 2.98. The number of carbonyl (C=O) groups excluding carboxylic acids is 1. The van der Waals surface area contributed by atoms with Gasteiger partial charge in [-0.1, -0.05) is 12.8 Å². The average Bonchev–Trinajstić information content (AvgIpc) is 2.62. The molecule has 3 heteroatoms. The van der Waals surface area contributed by atoms with Crippen LogP contribution in [0.5, 0.6) is 0 Å². The largest absolute Gasteiger partial charge is 0.369 e. The molecule has 0 heterocycles. The van der Waals surface area contributed by atoms with E-state index in [1.807, 2.05) is 0 Å². The first kappa shape index (κ1) is 7.54. The highest BCUT2D eigenvalue weighted by Crippen LogP contribution is 2.31. The van der Waals surface area contributed by atoms with E-state index in [1.165, 1.54) is 19.3 Å². The van der Waals surface area contributed by atoms with E-state index in [0.29, 0.717) is 6.54 Å². The van der Waals surface area contributed by atoms with Crippen molar-refractivity contribution in [2.75, 3.05) is 13.1 Å². The lowest BCUT2D eigenvalue weighted by atomic mass is 10.3. The predicted octanol–water partition coefficient (Wildman–Crippen LogP) is -0.139. The van der Waals surface area contributed by atoms with E-state index in [9.17, 15) is 4.79 Å². The SMILES string of the molecule is NC(=O)CNCCC1CC1. The highest BCUT2D eigenvalue weighted by molar-refractivity contribution is 5.75. The van der Waals surface area contributed by atoms with Crippen molar-refractivity contribution < 1.29 is 4.79 Å². The number of nitrogens with two attached hydrogens (primary N) is 1. The highest BCUT2D eigenvalue weighted by atomic mass is 16.1. The molecule has 1 amide bonds. The maximum absolute atomic E-state index is 10.2. The molecule has 3 N–H and O–H groups in total. The topological polar surface area (TPSA) is 55.1 Å². The van der Waals surface area contributed by atoms with Crippen LogP contribution in [0.2, 0.25) is 0 Å². The molecular formula is C7H14N2O. The van der Waals surface area contributed by atoms with Gasteiger partial charge in [0, 0.05) is 0 Å². The molecule has 1 fully saturated rings. The fourth-order valence-corrected chi connectivity index (χ4v) is 0.924. The summed E-state index contributed by atoms with van der Waals surface area (Å²) in [5.74, 6) is 0.663. The van der Waals surface area contributed by atoms with Gasteiger partial charge in [-0.05, 0) is 18.9 Å². The second-order valence-electron chi connectivity index (χ2n) is 2.88. The number of nitrogens with one attached hydrogen (secondary N) is 1. The average molecular weight is 142 g/mol. The van der Waals surface area contributed by atoms with Gasteiger partial charge in [-0.15, -0.1) is 0 Å². The third-order valence-electron chi connectivity index (χ3n) is 1.73. The van der Waals surface area contributed by atoms with Crippen LogP contribution >= 0.6 is 0 Å². The van der Waals surface area contributed by atoms with Crippen molar-refractivity contribution in [1.29, 1.82) is 0 Å². The van der Waals surface area contributed by atoms with Crippen LogP contribution in [0.15, 0.2) is 0 Å². The molecule has 0 atom stereocenters. The van der Waals surface area contributed by atoms with Crippen molar-refractivity contribution >= 4 is 5.91 Å². The van der Waals surface area contributed by atoms with E-state index >= 15 is 0 Å². The Morgan fingerprint density at radius 2 is 2.30 bits per heavy atom. The lowest BCUT2D eigenvalue weighted by Crippen LogP contribution is -2.29. The van der Waals surface area contributed by atoms with Crippen molar-refractivity contribution in [2.24, 2.45) is 11.7 Å². The smallest absolute Gasteiger partial charge is 0.231 e. The molecule has 0 aliphatic heterocycles. The minimum Gasteiger partial charge on any atom is -0.369 e. The van der Waals surface area contributed by atoms with Crippen molar-refractivity contribution in [1.82, 2.24) is 5.32 Å². The zero-order chi connectivity index (χ0) is 7.40. The number of primary amides is 1. The Kier molecular flexibility index (Phi) is 2.68. The first-order chi connectivity index (χ1) is 4.79. The van der Waals surface area contributed by atoms with Gasteiger partial charge in [0.05, 0.1) is 6.54 Å². The van der Waals surface area contributed by atoms with E-state index in [-0.39, 0.29) is 5.91 Å². The molecule has 1 aliphatic rings. The molecule has 58 valence electrons. The van der Waals surface area contributed by atoms with Crippen LogP contribution in [0, 0.1) is 5.92 Å². The van der Waals surface area contributed by atoms with Gasteiger partial charge in [-0.2, -0.15) is 0 Å². The summed E-state index contributed by atoms with van der Waals surface area (Å²) in [6.07, 6.45) is 3.95. The summed E-state index contributed by atoms with van der Waals surface area (Å²) in [7, 11) is 0. The number of amides is 1. The van der Waals surface area contributed by atoms with Crippen LogP contribution < -0.4 is 11.1 Å². The van der Waals surface area contributed by atoms with Crippen LogP contribution in [0.25, 0.3) is 0 Å². The van der Waals surface area contributed by atoms with Crippen LogP contribution in [0.3, 0.4) is 0 Å². The van der Waals surface area contributed by atoms with E-state index in [1.54, 1.807) is 0 Å². The maximum atomic E-state index is 10.2. The Morgan fingerprint density at radius 1 is 1.60 bits per heavy atom. The molecule has 0 aromatic carbocycles. The summed E-state index contributed by atoms with van der Waals surface area (Å²) in [4.78, 5) is 10.2. The Morgan fingerprint density at radius 3 is 2.80 bits per heavy atom. The van der Waals surface area contributed by atoms with Gasteiger partial charge in [-0.25, -0.2) is 0 Å². The molecule has 10 heavy (non-hydrogen) atoms. The minimum absolute atomic E-state index is 0.268. The molecule has 1 saturated carbocycles. The fraction of sp³-hybridized carbons (Fsp3) is 0.857. The lowest BCUT2D eigenvalue weighted by molar-refractivity contribution is -0.117. The molecule has 3 nitrogen and oxygen atoms in total. The Labute approximate surface area is 61.0 Å². The first-order valence-corrected chi connectivity index (χ1v) is 3.78. The van der Waals surface area contributed by atoms with E-state index in [0.717, 1.165) is 12.5 Å². The lowest BCUT2D eigenvalue weighted by Gasteiger charge is -1.98. The van der Waals surface area contributed by atoms with Crippen LogP contribution in [0.4, 0.5) is 0 Å². The van der Waals surface area contributed by atoms with Gasteiger partial charge in [-0.3, -0.25) is 4.79 Å². The highest BCUT2D eigenvalue weighted by Gasteiger charge is 2.19. The van der Waals surface area contributed by atoms with E-state index in [2.05, 4.69) is 5.32 Å². The van der Waals surface area contributed by atoms with Gasteiger partial charge in [0.15, 0.2) is 0 Å². The number of hydrogen-bond donors (Lipinski definition) is 2. The molecular weight excluding hydrogens is 128 g/mol. The van der Waals surface area contributed by atoms with Crippen LogP contribution in [-0.4, -0.2) is 19.0 Å². The number of hydrogen-bond acceptors (Lipinski definition) is 2. The third-order valence-corrected chi connectivity index (χ3v) is 1.73. The molecule has 0 saturated heterocycles. The molecule has 0 aromatic heterocycles. The van der Waals surface area contributed by atoms with Crippen molar-refractivity contribution in [3.05, 3.63) is 0 Å². The van der Waals surface area contributed by atoms with E-state index in [4.69, 9.17) is 5.73 Å². The van der Waals surface area contributed by atoms with Gasteiger partial charge in [0.1, 0.15) is 0 Å². The minimum atomic E-state index is -0.268. The van der Waals surface area contributed by atoms with Gasteiger partial charge < -0.3 is 11.1 Å². The Bertz CT molecular complexity index is 121. The summed E-state index contributed by atoms with van der Waals surface area (Å²) in [6.45, 7) is 1.26. The molecule has 0 aromatic rings. The molecule has 1 rings (SSSR count). The predicted molar refractivity (Wildman–Crippen MR) is 39.4 cm³/mol. The summed E-state index contributed by atoms with van der Waals surface area (Å²) < 4.78 is 0. The van der Waals surface area contributed by atoms with Crippen LogP contribution in [-0.2, 0) is 4.79 Å². The van der Waals surface area contributed by atoms with Gasteiger partial charge in [0.2, 0.25) is 5.91 Å². The monoisotopic (exact) mass is 142 g/mol. The quantitative estimate of drug-likeness (QED) is 0.525. The normalized spacial score (nSPS) is 17.2. The Balaban J connectivity index is 1.80. The summed E-state index contributed by atoms with van der Waals surface area (Å²) >= 11 is 0. The van der Waals surface area contributed by atoms with Crippen LogP contribution in [0.1, 0.15) is 19.3 Å². The van der Waals surface area contributed by atoms with Crippen molar-refractivity contribution in [3.8, 4) is 0 Å². The summed E-state index contributed by atoms with van der Waals surface area (Å²) in [6, 6.07) is 0. The van der Waals surface area contributed by atoms with Gasteiger partial charge >= 0.3 is 0 Å². The number of rotatable bonds is 5. The summed E-state index contributed by atoms with van der Waals surface area (Å²) in [5.41, 5.74) is 4.92. The molecule has 0 radical (unpaired) electrons. The zero-order valence-corrected chi connectivity index (χ0v) is 6.10. The molecule has 1 aliphatic carbocycles. The van der Waals surface area contributed by atoms with Crippen molar-refractivity contribution in [3.63, 3.8) is 0 Å². The molecule has 0 bridgehead atoms. The molecule has 0 spiro atoms. The fourth-order valence-electron chi connectivity index (χ4n) is 0.924. The van der Waals surface area contributed by atoms with Gasteiger partial charge in [0.25, 0.3) is 0 Å². The standard InChI is InChI=1S/C7H14N2O/c8-7(10)5-9-4-3-6-1-2-6/h6,9H,1-5H2,(H2,8,10). The zero-order valence-electron chi connectivity index (χ0n) is 6.10. The third kappa shape index (κ3) is 3.45. The maximum Gasteiger partial charge on any atom is 0.231 e. The Hall–Kier alpha value is -0.570. The number of carbonyl (C=O) groups is 1. The van der Waals surface area contributed by atoms with E-state index < -0.39 is 0 Å². The second kappa shape index (κ2) is 3.56. The molecule has 0 unspecified atom stereocenters. The second-order valence-corrected chi connectivity index (χ2v) is 2.88. The van der Waals surface area contributed by atoms with Crippen molar-refractivity contribution in [2.45, 2.75) is 19.3 Å². The first-order valence-electron chi connectivity index (χ1n) is 3.78.